The molecule has 0 bridgehead atoms. The van der Waals surface area contributed by atoms with Crippen LogP contribution in [0.1, 0.15) is 5.56 Å². The van der Waals surface area contributed by atoms with E-state index in [4.69, 9.17) is 0 Å². The molecule has 0 radical (unpaired) electrons. The zero-order chi connectivity index (χ0) is 13.1. The van der Waals surface area contributed by atoms with Crippen molar-refractivity contribution < 1.29 is 13.2 Å². The maximum absolute atomic E-state index is 13.4. The maximum atomic E-state index is 13.4. The van der Waals surface area contributed by atoms with Crippen LogP contribution in [0.15, 0.2) is 40.9 Å². The summed E-state index contributed by atoms with van der Waals surface area (Å²) in [6.45, 7) is 0.257. The van der Waals surface area contributed by atoms with Gasteiger partial charge in [-0.15, -0.1) is 0 Å². The van der Waals surface area contributed by atoms with Crippen molar-refractivity contribution in [3.8, 4) is 0 Å². The Kier molecular flexibility index (Phi) is 3.91. The second kappa shape index (κ2) is 5.44. The topological polar surface area (TPSA) is 12.0 Å². The van der Waals surface area contributed by atoms with Crippen LogP contribution in [0.3, 0.4) is 0 Å². The average Bonchev–Trinajstić information content (AvgIpc) is 2.32. The molecule has 0 aliphatic rings. The summed E-state index contributed by atoms with van der Waals surface area (Å²) < 4.78 is 39.5. The van der Waals surface area contributed by atoms with Crippen molar-refractivity contribution in [2.45, 2.75) is 6.54 Å². The minimum atomic E-state index is -0.688. The molecule has 0 amide bonds. The number of rotatable bonds is 3. The predicted octanol–water partition coefficient (Wildman–Crippen LogP) is 4.48. The van der Waals surface area contributed by atoms with Gasteiger partial charge in [-0.3, -0.25) is 0 Å². The molecular formula is C13H9BrF3N. The fourth-order valence-electron chi connectivity index (χ4n) is 1.50. The van der Waals surface area contributed by atoms with Crippen molar-refractivity contribution >= 4 is 21.6 Å². The van der Waals surface area contributed by atoms with Gasteiger partial charge in [0.05, 0.1) is 10.2 Å². The number of hydrogen-bond acceptors (Lipinski definition) is 1. The standard InChI is InChI=1S/C13H9BrF3N/c14-10-5-13(12(17)6-11(10)16)18-7-8-2-1-3-9(15)4-8/h1-6,18H,7H2. The molecule has 94 valence electrons. The van der Waals surface area contributed by atoms with E-state index in [-0.39, 0.29) is 22.5 Å². The van der Waals surface area contributed by atoms with Crippen LogP contribution in [0.25, 0.3) is 0 Å². The Labute approximate surface area is 111 Å². The zero-order valence-corrected chi connectivity index (χ0v) is 10.8. The number of anilines is 1. The first-order chi connectivity index (χ1) is 8.56. The Hall–Kier alpha value is -1.49. The van der Waals surface area contributed by atoms with E-state index < -0.39 is 11.6 Å². The highest BCUT2D eigenvalue weighted by molar-refractivity contribution is 9.10. The van der Waals surface area contributed by atoms with Crippen LogP contribution in [0.4, 0.5) is 18.9 Å². The van der Waals surface area contributed by atoms with E-state index in [0.29, 0.717) is 5.56 Å². The lowest BCUT2D eigenvalue weighted by Crippen LogP contribution is -2.02. The molecule has 0 fully saturated rings. The molecule has 0 saturated heterocycles. The summed E-state index contributed by atoms with van der Waals surface area (Å²) in [5, 5.41) is 2.79. The molecule has 0 saturated carbocycles. The molecule has 0 aliphatic heterocycles. The number of benzene rings is 2. The Morgan fingerprint density at radius 2 is 1.78 bits per heavy atom. The van der Waals surface area contributed by atoms with Crippen molar-refractivity contribution in [3.63, 3.8) is 0 Å². The maximum Gasteiger partial charge on any atom is 0.149 e. The minimum absolute atomic E-state index is 0.160. The summed E-state index contributed by atoms with van der Waals surface area (Å²) >= 11 is 2.98. The monoisotopic (exact) mass is 315 g/mol. The molecule has 1 N–H and O–H groups in total. The van der Waals surface area contributed by atoms with E-state index >= 15 is 0 Å². The zero-order valence-electron chi connectivity index (χ0n) is 9.18. The first-order valence-corrected chi connectivity index (χ1v) is 5.98. The van der Waals surface area contributed by atoms with Gasteiger partial charge in [-0.25, -0.2) is 13.2 Å². The lowest BCUT2D eigenvalue weighted by Gasteiger charge is -2.08. The van der Waals surface area contributed by atoms with Crippen LogP contribution in [-0.4, -0.2) is 0 Å². The molecule has 0 atom stereocenters. The van der Waals surface area contributed by atoms with Gasteiger partial charge in [0.1, 0.15) is 17.5 Å². The van der Waals surface area contributed by atoms with Crippen LogP contribution in [-0.2, 0) is 6.54 Å². The summed E-state index contributed by atoms with van der Waals surface area (Å²) in [7, 11) is 0. The van der Waals surface area contributed by atoms with Crippen molar-refractivity contribution in [1.29, 1.82) is 0 Å². The van der Waals surface area contributed by atoms with Crippen LogP contribution >= 0.6 is 15.9 Å². The minimum Gasteiger partial charge on any atom is -0.379 e. The predicted molar refractivity (Wildman–Crippen MR) is 67.8 cm³/mol. The molecule has 0 aliphatic carbocycles. The molecule has 1 nitrogen and oxygen atoms in total. The Bertz CT molecular complexity index is 572. The van der Waals surface area contributed by atoms with E-state index in [2.05, 4.69) is 21.2 Å². The van der Waals surface area contributed by atoms with E-state index in [1.807, 2.05) is 0 Å². The number of nitrogens with one attached hydrogen (secondary N) is 1. The normalized spacial score (nSPS) is 10.4. The van der Waals surface area contributed by atoms with Crippen LogP contribution < -0.4 is 5.32 Å². The Morgan fingerprint density at radius 1 is 1.00 bits per heavy atom. The van der Waals surface area contributed by atoms with E-state index in [1.165, 1.54) is 18.2 Å². The van der Waals surface area contributed by atoms with Crippen molar-refractivity contribution in [2.24, 2.45) is 0 Å². The molecule has 18 heavy (non-hydrogen) atoms. The second-order valence-corrected chi connectivity index (χ2v) is 4.58. The van der Waals surface area contributed by atoms with Gasteiger partial charge in [0.15, 0.2) is 0 Å². The third-order valence-electron chi connectivity index (χ3n) is 2.38. The van der Waals surface area contributed by atoms with Gasteiger partial charge < -0.3 is 5.32 Å². The summed E-state index contributed by atoms with van der Waals surface area (Å²) in [6, 6.07) is 8.07. The van der Waals surface area contributed by atoms with Gasteiger partial charge in [-0.05, 0) is 39.7 Å². The third-order valence-corrected chi connectivity index (χ3v) is 2.99. The fourth-order valence-corrected chi connectivity index (χ4v) is 1.85. The summed E-state index contributed by atoms with van der Waals surface area (Å²) in [6.07, 6.45) is 0. The van der Waals surface area contributed by atoms with Gasteiger partial charge in [0, 0.05) is 12.6 Å². The fraction of sp³-hybridized carbons (Fsp3) is 0.0769. The van der Waals surface area contributed by atoms with E-state index in [1.54, 1.807) is 12.1 Å². The molecular weight excluding hydrogens is 307 g/mol. The van der Waals surface area contributed by atoms with E-state index in [9.17, 15) is 13.2 Å². The SMILES string of the molecule is Fc1cccc(CNc2cc(Br)c(F)cc2F)c1. The largest absolute Gasteiger partial charge is 0.379 e. The Morgan fingerprint density at radius 3 is 2.50 bits per heavy atom. The first-order valence-electron chi connectivity index (χ1n) is 5.19. The molecule has 2 aromatic rings. The number of hydrogen-bond donors (Lipinski definition) is 1. The Balaban J connectivity index is 2.13. The van der Waals surface area contributed by atoms with Crippen molar-refractivity contribution in [3.05, 3.63) is 63.9 Å². The highest BCUT2D eigenvalue weighted by Gasteiger charge is 2.07. The van der Waals surface area contributed by atoms with Crippen LogP contribution in [0.5, 0.6) is 0 Å². The van der Waals surface area contributed by atoms with Crippen LogP contribution in [0, 0.1) is 17.5 Å². The van der Waals surface area contributed by atoms with Crippen molar-refractivity contribution in [2.75, 3.05) is 5.32 Å². The molecule has 2 rings (SSSR count). The molecule has 0 heterocycles. The smallest absolute Gasteiger partial charge is 0.149 e. The quantitative estimate of drug-likeness (QED) is 0.823. The lowest BCUT2D eigenvalue weighted by molar-refractivity contribution is 0.580. The molecule has 0 aromatic heterocycles. The van der Waals surface area contributed by atoms with Gasteiger partial charge in [-0.1, -0.05) is 12.1 Å². The number of halogens is 4. The molecule has 0 unspecified atom stereocenters. The summed E-state index contributed by atoms with van der Waals surface area (Å²) in [5.74, 6) is -1.70. The van der Waals surface area contributed by atoms with Gasteiger partial charge in [0.25, 0.3) is 0 Å². The third kappa shape index (κ3) is 3.04. The summed E-state index contributed by atoms with van der Waals surface area (Å²) in [5.41, 5.74) is 0.836. The van der Waals surface area contributed by atoms with Crippen LogP contribution in [0.2, 0.25) is 0 Å². The van der Waals surface area contributed by atoms with Gasteiger partial charge in [-0.2, -0.15) is 0 Å². The lowest BCUT2D eigenvalue weighted by atomic mass is 10.2. The molecule has 0 spiro atoms. The highest BCUT2D eigenvalue weighted by Crippen LogP contribution is 2.24. The van der Waals surface area contributed by atoms with E-state index in [0.717, 1.165) is 6.07 Å². The molecule has 5 heteroatoms. The summed E-state index contributed by atoms with van der Waals surface area (Å²) in [4.78, 5) is 0. The highest BCUT2D eigenvalue weighted by atomic mass is 79.9. The average molecular weight is 316 g/mol. The molecule has 2 aromatic carbocycles. The van der Waals surface area contributed by atoms with Gasteiger partial charge in [0.2, 0.25) is 0 Å². The van der Waals surface area contributed by atoms with Gasteiger partial charge >= 0.3 is 0 Å². The second-order valence-electron chi connectivity index (χ2n) is 3.73. The van der Waals surface area contributed by atoms with Crippen molar-refractivity contribution in [1.82, 2.24) is 0 Å². The first kappa shape index (κ1) is 13.0.